The fraction of sp³-hybridized carbons (Fsp3) is 1.00. The highest BCUT2D eigenvalue weighted by molar-refractivity contribution is 5.20. The van der Waals surface area contributed by atoms with E-state index in [-0.39, 0.29) is 0 Å². The summed E-state index contributed by atoms with van der Waals surface area (Å²) in [7, 11) is 0. The lowest BCUT2D eigenvalue weighted by molar-refractivity contribution is -0.151. The molecule has 0 saturated heterocycles. The van der Waals surface area contributed by atoms with E-state index >= 15 is 0 Å². The van der Waals surface area contributed by atoms with Crippen molar-refractivity contribution in [1.29, 1.82) is 0 Å². The predicted octanol–water partition coefficient (Wildman–Crippen LogP) is 6.01. The van der Waals surface area contributed by atoms with E-state index in [9.17, 15) is 0 Å². The molecule has 8 atom stereocenters. The number of rotatable bonds is 3. The minimum atomic E-state index is 0.631. The summed E-state index contributed by atoms with van der Waals surface area (Å²) in [5, 5.41) is 0. The maximum absolute atomic E-state index is 2.64. The number of hydrogen-bond donors (Lipinski definition) is 0. The minimum Gasteiger partial charge on any atom is -0.0654 e. The van der Waals surface area contributed by atoms with Crippen LogP contribution in [0.3, 0.4) is 0 Å². The molecule has 8 unspecified atom stereocenters. The van der Waals surface area contributed by atoms with Gasteiger partial charge in [0.25, 0.3) is 0 Å². The normalized spacial score (nSPS) is 57.6. The van der Waals surface area contributed by atoms with Gasteiger partial charge in [-0.05, 0) is 71.5 Å². The lowest BCUT2D eigenvalue weighted by atomic mass is 9.42. The molecule has 0 aromatic carbocycles. The first kappa shape index (κ1) is 14.9. The van der Waals surface area contributed by atoms with Crippen molar-refractivity contribution in [2.75, 3.05) is 0 Å². The standard InChI is InChI=1S/C20H36/c1-8-9-17-13(4)10-16-14(5)19(7)11-18(16)20(17,12(2)3)15(19)6/h12-18H,8-11H2,1-7H3. The molecule has 3 fully saturated rings. The molecule has 0 aliphatic heterocycles. The van der Waals surface area contributed by atoms with Crippen molar-refractivity contribution < 1.29 is 0 Å². The van der Waals surface area contributed by atoms with E-state index in [1.165, 1.54) is 25.7 Å². The van der Waals surface area contributed by atoms with Crippen LogP contribution in [0.4, 0.5) is 0 Å². The average Bonchev–Trinajstić information content (AvgIpc) is 2.77. The van der Waals surface area contributed by atoms with E-state index in [4.69, 9.17) is 0 Å². The SMILES string of the molecule is CCCC1C(C)CC2C(C)C3(C)CC2C1(C(C)C)C3C. The van der Waals surface area contributed by atoms with Crippen LogP contribution in [0, 0.1) is 52.3 Å². The molecule has 0 nitrogen and oxygen atoms in total. The van der Waals surface area contributed by atoms with Crippen molar-refractivity contribution in [3.8, 4) is 0 Å². The van der Waals surface area contributed by atoms with Gasteiger partial charge in [0.15, 0.2) is 0 Å². The second kappa shape index (κ2) is 4.50. The first-order valence-corrected chi connectivity index (χ1v) is 9.31. The van der Waals surface area contributed by atoms with Crippen molar-refractivity contribution >= 4 is 0 Å². The summed E-state index contributed by atoms with van der Waals surface area (Å²) in [4.78, 5) is 0. The largest absolute Gasteiger partial charge is 0.0654 e. The van der Waals surface area contributed by atoms with Gasteiger partial charge in [-0.2, -0.15) is 0 Å². The topological polar surface area (TPSA) is 0 Å². The number of hydrogen-bond acceptors (Lipinski definition) is 0. The van der Waals surface area contributed by atoms with Crippen LogP contribution in [-0.4, -0.2) is 0 Å². The van der Waals surface area contributed by atoms with Crippen LogP contribution in [0.15, 0.2) is 0 Å². The molecule has 0 aromatic heterocycles. The fourth-order valence-corrected chi connectivity index (χ4v) is 7.91. The summed E-state index contributed by atoms with van der Waals surface area (Å²) in [6, 6.07) is 0. The van der Waals surface area contributed by atoms with Gasteiger partial charge in [-0.1, -0.05) is 54.9 Å². The lowest BCUT2D eigenvalue weighted by Crippen LogP contribution is -2.57. The Morgan fingerprint density at radius 3 is 2.30 bits per heavy atom. The van der Waals surface area contributed by atoms with Crippen LogP contribution in [-0.2, 0) is 0 Å². The predicted molar refractivity (Wildman–Crippen MR) is 87.5 cm³/mol. The number of fused-ring (bicyclic) bond motifs is 1. The highest BCUT2D eigenvalue weighted by Crippen LogP contribution is 2.78. The van der Waals surface area contributed by atoms with Crippen LogP contribution in [0.1, 0.15) is 74.1 Å². The first-order valence-electron chi connectivity index (χ1n) is 9.31. The molecule has 0 aromatic rings. The summed E-state index contributed by atoms with van der Waals surface area (Å²) in [5.74, 6) is 6.74. The molecule has 20 heavy (non-hydrogen) atoms. The zero-order valence-corrected chi connectivity index (χ0v) is 14.9. The first-order chi connectivity index (χ1) is 9.31. The summed E-state index contributed by atoms with van der Waals surface area (Å²) in [6.07, 6.45) is 5.90. The molecule has 3 aliphatic carbocycles. The molecule has 0 spiro atoms. The molecule has 0 heteroatoms. The van der Waals surface area contributed by atoms with Crippen molar-refractivity contribution in [3.63, 3.8) is 0 Å². The molecule has 0 amide bonds. The molecule has 116 valence electrons. The second-order valence-electron chi connectivity index (χ2n) is 9.25. The minimum absolute atomic E-state index is 0.631. The molecule has 2 bridgehead atoms. The monoisotopic (exact) mass is 276 g/mol. The maximum atomic E-state index is 2.64. The van der Waals surface area contributed by atoms with Gasteiger partial charge >= 0.3 is 0 Å². The zero-order valence-electron chi connectivity index (χ0n) is 14.9. The van der Waals surface area contributed by atoms with E-state index in [1.54, 1.807) is 0 Å². The van der Waals surface area contributed by atoms with Crippen LogP contribution in [0.25, 0.3) is 0 Å². The summed E-state index contributed by atoms with van der Waals surface area (Å²) in [6.45, 7) is 17.9. The smallest absolute Gasteiger partial charge is 0.0181 e. The van der Waals surface area contributed by atoms with Gasteiger partial charge in [-0.15, -0.1) is 0 Å². The van der Waals surface area contributed by atoms with Crippen LogP contribution >= 0.6 is 0 Å². The van der Waals surface area contributed by atoms with Crippen LogP contribution in [0.2, 0.25) is 0 Å². The van der Waals surface area contributed by atoms with E-state index in [0.29, 0.717) is 10.8 Å². The Kier molecular flexibility index (Phi) is 3.35. The third kappa shape index (κ3) is 1.45. The molecular formula is C20H36. The summed E-state index contributed by atoms with van der Waals surface area (Å²) < 4.78 is 0. The Labute approximate surface area is 127 Å². The van der Waals surface area contributed by atoms with Crippen molar-refractivity contribution in [2.45, 2.75) is 74.1 Å². The van der Waals surface area contributed by atoms with Gasteiger partial charge in [0.05, 0.1) is 0 Å². The maximum Gasteiger partial charge on any atom is -0.0181 e. The van der Waals surface area contributed by atoms with Gasteiger partial charge in [0.1, 0.15) is 0 Å². The second-order valence-corrected chi connectivity index (χ2v) is 9.25. The van der Waals surface area contributed by atoms with Gasteiger partial charge in [0, 0.05) is 0 Å². The zero-order chi connectivity index (χ0) is 14.9. The summed E-state index contributed by atoms with van der Waals surface area (Å²) >= 11 is 0. The molecule has 0 N–H and O–H groups in total. The Bertz CT molecular complexity index is 379. The molecule has 0 heterocycles. The quantitative estimate of drug-likeness (QED) is 0.592. The van der Waals surface area contributed by atoms with E-state index < -0.39 is 0 Å². The van der Waals surface area contributed by atoms with Crippen LogP contribution < -0.4 is 0 Å². The van der Waals surface area contributed by atoms with Gasteiger partial charge in [0.2, 0.25) is 0 Å². The molecule has 3 aliphatic rings. The van der Waals surface area contributed by atoms with E-state index in [2.05, 4.69) is 48.5 Å². The van der Waals surface area contributed by atoms with Crippen molar-refractivity contribution in [1.82, 2.24) is 0 Å². The Hall–Kier alpha value is 0. The Balaban J connectivity index is 2.11. The average molecular weight is 277 g/mol. The van der Waals surface area contributed by atoms with Crippen molar-refractivity contribution in [3.05, 3.63) is 0 Å². The Morgan fingerprint density at radius 2 is 1.80 bits per heavy atom. The summed E-state index contributed by atoms with van der Waals surface area (Å²) in [5.41, 5.74) is 1.28. The molecular weight excluding hydrogens is 240 g/mol. The highest BCUT2D eigenvalue weighted by atomic mass is 14.8. The van der Waals surface area contributed by atoms with Gasteiger partial charge in [-0.3, -0.25) is 0 Å². The van der Waals surface area contributed by atoms with Gasteiger partial charge < -0.3 is 0 Å². The lowest BCUT2D eigenvalue weighted by Gasteiger charge is -2.63. The third-order valence-corrected chi connectivity index (χ3v) is 8.81. The molecule has 0 radical (unpaired) electrons. The van der Waals surface area contributed by atoms with E-state index in [0.717, 1.165) is 41.4 Å². The molecule has 3 rings (SSSR count). The third-order valence-electron chi connectivity index (χ3n) is 8.81. The Morgan fingerprint density at radius 1 is 1.15 bits per heavy atom. The molecule has 3 saturated carbocycles. The fourth-order valence-electron chi connectivity index (χ4n) is 7.91. The van der Waals surface area contributed by atoms with E-state index in [1.807, 2.05) is 0 Å². The van der Waals surface area contributed by atoms with Crippen LogP contribution in [0.5, 0.6) is 0 Å². The highest BCUT2D eigenvalue weighted by Gasteiger charge is 2.72. The van der Waals surface area contributed by atoms with Gasteiger partial charge in [-0.25, -0.2) is 0 Å². The van der Waals surface area contributed by atoms with Crippen molar-refractivity contribution in [2.24, 2.45) is 52.3 Å².